The second-order valence-corrected chi connectivity index (χ2v) is 5.95. The summed E-state index contributed by atoms with van der Waals surface area (Å²) in [5, 5.41) is 0.907. The standard InChI is InChI=1S/C18H17NO3S/c1-2-21-11-13-7-9-14(10-8-13)12-23-18-19-16-6-4-3-5-15(16)17(20)22-18/h3-10H,2,11-12H2,1H3. The van der Waals surface area contributed by atoms with Gasteiger partial charge in [-0.15, -0.1) is 0 Å². The summed E-state index contributed by atoms with van der Waals surface area (Å²) in [7, 11) is 0. The van der Waals surface area contributed by atoms with E-state index < -0.39 is 0 Å². The molecule has 0 spiro atoms. The molecule has 118 valence electrons. The van der Waals surface area contributed by atoms with Crippen molar-refractivity contribution in [3.63, 3.8) is 0 Å². The number of benzene rings is 2. The molecule has 1 heterocycles. The van der Waals surface area contributed by atoms with Gasteiger partial charge in [-0.3, -0.25) is 0 Å². The first-order valence-corrected chi connectivity index (χ1v) is 8.43. The molecule has 1 aromatic heterocycles. The molecule has 0 saturated heterocycles. The van der Waals surface area contributed by atoms with Gasteiger partial charge in [-0.05, 0) is 30.2 Å². The smallest absolute Gasteiger partial charge is 0.347 e. The number of nitrogens with zero attached hydrogens (tertiary/aromatic N) is 1. The Morgan fingerprint density at radius 1 is 1.09 bits per heavy atom. The van der Waals surface area contributed by atoms with E-state index in [1.807, 2.05) is 19.1 Å². The number of ether oxygens (including phenoxy) is 1. The van der Waals surface area contributed by atoms with Crippen LogP contribution in [0.15, 0.2) is 63.0 Å². The molecular weight excluding hydrogens is 310 g/mol. The molecule has 4 nitrogen and oxygen atoms in total. The molecule has 2 aromatic carbocycles. The lowest BCUT2D eigenvalue weighted by atomic mass is 10.2. The van der Waals surface area contributed by atoms with Crippen LogP contribution < -0.4 is 5.63 Å². The average Bonchev–Trinajstić information content (AvgIpc) is 2.59. The zero-order valence-corrected chi connectivity index (χ0v) is 13.6. The van der Waals surface area contributed by atoms with Crippen molar-refractivity contribution in [1.82, 2.24) is 4.98 Å². The molecule has 0 amide bonds. The lowest BCUT2D eigenvalue weighted by Crippen LogP contribution is -2.02. The predicted octanol–water partition coefficient (Wildman–Crippen LogP) is 4.02. The van der Waals surface area contributed by atoms with Crippen molar-refractivity contribution in [3.8, 4) is 0 Å². The Morgan fingerprint density at radius 3 is 2.61 bits per heavy atom. The predicted molar refractivity (Wildman–Crippen MR) is 91.6 cm³/mol. The van der Waals surface area contributed by atoms with Crippen LogP contribution >= 0.6 is 11.8 Å². The molecule has 3 rings (SSSR count). The molecule has 0 bridgehead atoms. The van der Waals surface area contributed by atoms with E-state index >= 15 is 0 Å². The van der Waals surface area contributed by atoms with Crippen LogP contribution in [0.5, 0.6) is 0 Å². The minimum absolute atomic E-state index is 0.342. The van der Waals surface area contributed by atoms with Crippen LogP contribution in [-0.4, -0.2) is 11.6 Å². The maximum Gasteiger partial charge on any atom is 0.347 e. The van der Waals surface area contributed by atoms with Crippen molar-refractivity contribution in [2.75, 3.05) is 6.61 Å². The summed E-state index contributed by atoms with van der Waals surface area (Å²) < 4.78 is 10.6. The third kappa shape index (κ3) is 4.00. The largest absolute Gasteiger partial charge is 0.397 e. The monoisotopic (exact) mass is 327 g/mol. The van der Waals surface area contributed by atoms with Gasteiger partial charge in [0.25, 0.3) is 5.22 Å². The first-order chi connectivity index (χ1) is 11.3. The summed E-state index contributed by atoms with van der Waals surface area (Å²) in [5.41, 5.74) is 2.62. The highest BCUT2D eigenvalue weighted by Crippen LogP contribution is 2.22. The lowest BCUT2D eigenvalue weighted by Gasteiger charge is -2.04. The van der Waals surface area contributed by atoms with Gasteiger partial charge in [-0.1, -0.05) is 48.2 Å². The molecule has 0 fully saturated rings. The minimum atomic E-state index is -0.342. The van der Waals surface area contributed by atoms with Crippen LogP contribution in [0.4, 0.5) is 0 Å². The molecule has 3 aromatic rings. The maximum atomic E-state index is 11.9. The van der Waals surface area contributed by atoms with Crippen molar-refractivity contribution < 1.29 is 9.15 Å². The zero-order valence-electron chi connectivity index (χ0n) is 12.8. The summed E-state index contributed by atoms with van der Waals surface area (Å²) in [6.07, 6.45) is 0. The second kappa shape index (κ2) is 7.44. The number of thioether (sulfide) groups is 1. The van der Waals surface area contributed by atoms with E-state index in [0.29, 0.717) is 35.1 Å². The number of para-hydroxylation sites is 1. The third-order valence-electron chi connectivity index (χ3n) is 3.37. The fourth-order valence-corrected chi connectivity index (χ4v) is 2.94. The summed E-state index contributed by atoms with van der Waals surface area (Å²) in [6.45, 7) is 3.32. The van der Waals surface area contributed by atoms with Gasteiger partial charge in [0.1, 0.15) is 0 Å². The fourth-order valence-electron chi connectivity index (χ4n) is 2.16. The fraction of sp³-hybridized carbons (Fsp3) is 0.222. The molecule has 0 aliphatic carbocycles. The Bertz CT molecular complexity index is 843. The lowest BCUT2D eigenvalue weighted by molar-refractivity contribution is 0.134. The van der Waals surface area contributed by atoms with E-state index in [2.05, 4.69) is 29.2 Å². The van der Waals surface area contributed by atoms with Crippen LogP contribution in [-0.2, 0) is 17.1 Å². The maximum absolute atomic E-state index is 11.9. The number of aromatic nitrogens is 1. The van der Waals surface area contributed by atoms with Crippen molar-refractivity contribution >= 4 is 22.7 Å². The average molecular weight is 327 g/mol. The summed E-state index contributed by atoms with van der Waals surface area (Å²) in [6, 6.07) is 15.4. The molecule has 0 aliphatic heterocycles. The Hall–Kier alpha value is -2.11. The number of hydrogen-bond donors (Lipinski definition) is 0. The molecule has 5 heteroatoms. The van der Waals surface area contributed by atoms with Gasteiger partial charge in [-0.2, -0.15) is 0 Å². The van der Waals surface area contributed by atoms with E-state index in [1.54, 1.807) is 12.1 Å². The normalized spacial score (nSPS) is 11.0. The molecular formula is C18H17NO3S. The van der Waals surface area contributed by atoms with Gasteiger partial charge in [-0.25, -0.2) is 9.78 Å². The summed E-state index contributed by atoms with van der Waals surface area (Å²) in [5.74, 6) is 0.698. The van der Waals surface area contributed by atoms with Crippen LogP contribution in [0.25, 0.3) is 10.9 Å². The number of rotatable bonds is 6. The quantitative estimate of drug-likeness (QED) is 0.640. The molecule has 0 N–H and O–H groups in total. The zero-order chi connectivity index (χ0) is 16.1. The van der Waals surface area contributed by atoms with E-state index in [-0.39, 0.29) is 5.63 Å². The first kappa shape index (κ1) is 15.8. The highest BCUT2D eigenvalue weighted by Gasteiger charge is 2.06. The van der Waals surface area contributed by atoms with Gasteiger partial charge in [0.05, 0.1) is 17.5 Å². The van der Waals surface area contributed by atoms with Crippen molar-refractivity contribution in [3.05, 3.63) is 70.1 Å². The van der Waals surface area contributed by atoms with Crippen LogP contribution in [0.1, 0.15) is 18.1 Å². The Labute approximate surface area is 138 Å². The Kier molecular flexibility index (Phi) is 5.10. The number of hydrogen-bond acceptors (Lipinski definition) is 5. The first-order valence-electron chi connectivity index (χ1n) is 7.44. The topological polar surface area (TPSA) is 52.3 Å². The van der Waals surface area contributed by atoms with E-state index in [0.717, 1.165) is 11.1 Å². The van der Waals surface area contributed by atoms with Crippen molar-refractivity contribution in [1.29, 1.82) is 0 Å². The van der Waals surface area contributed by atoms with Crippen LogP contribution in [0.2, 0.25) is 0 Å². The van der Waals surface area contributed by atoms with Crippen LogP contribution in [0.3, 0.4) is 0 Å². The van der Waals surface area contributed by atoms with Gasteiger partial charge < -0.3 is 9.15 Å². The van der Waals surface area contributed by atoms with Gasteiger partial charge in [0, 0.05) is 12.4 Å². The molecule has 23 heavy (non-hydrogen) atoms. The van der Waals surface area contributed by atoms with Crippen LogP contribution in [0, 0.1) is 0 Å². The minimum Gasteiger partial charge on any atom is -0.397 e. The van der Waals surface area contributed by atoms with E-state index in [9.17, 15) is 4.79 Å². The Balaban J connectivity index is 1.69. The van der Waals surface area contributed by atoms with Crippen molar-refractivity contribution in [2.24, 2.45) is 0 Å². The molecule has 0 atom stereocenters. The molecule has 0 radical (unpaired) electrons. The SMILES string of the molecule is CCOCc1ccc(CSc2nc3ccccc3c(=O)o2)cc1. The van der Waals surface area contributed by atoms with E-state index in [1.165, 1.54) is 11.8 Å². The van der Waals surface area contributed by atoms with Gasteiger partial charge in [0.15, 0.2) is 0 Å². The molecule has 0 aliphatic rings. The summed E-state index contributed by atoms with van der Waals surface area (Å²) in [4.78, 5) is 16.3. The van der Waals surface area contributed by atoms with Crippen molar-refractivity contribution in [2.45, 2.75) is 24.5 Å². The molecule has 0 unspecified atom stereocenters. The third-order valence-corrected chi connectivity index (χ3v) is 4.27. The van der Waals surface area contributed by atoms with E-state index in [4.69, 9.17) is 9.15 Å². The highest BCUT2D eigenvalue weighted by atomic mass is 32.2. The number of fused-ring (bicyclic) bond motifs is 1. The summed E-state index contributed by atoms with van der Waals surface area (Å²) >= 11 is 1.42. The van der Waals surface area contributed by atoms with Gasteiger partial charge in [0.2, 0.25) is 0 Å². The highest BCUT2D eigenvalue weighted by molar-refractivity contribution is 7.98. The second-order valence-electron chi connectivity index (χ2n) is 5.03. The Morgan fingerprint density at radius 2 is 1.83 bits per heavy atom. The molecule has 0 saturated carbocycles. The van der Waals surface area contributed by atoms with Gasteiger partial charge >= 0.3 is 5.63 Å².